The summed E-state index contributed by atoms with van der Waals surface area (Å²) in [6, 6.07) is 19.9. The van der Waals surface area contributed by atoms with Crippen molar-refractivity contribution in [2.24, 2.45) is 5.92 Å². The topological polar surface area (TPSA) is 97.1 Å². The van der Waals surface area contributed by atoms with Gasteiger partial charge in [0.1, 0.15) is 5.69 Å². The van der Waals surface area contributed by atoms with Crippen molar-refractivity contribution in [3.63, 3.8) is 0 Å². The lowest BCUT2D eigenvalue weighted by Gasteiger charge is -2.20. The van der Waals surface area contributed by atoms with E-state index < -0.39 is 0 Å². The second-order valence-corrected chi connectivity index (χ2v) is 7.10. The standard InChI is InChI=1S/C23H24N4O2/c1-15(2)21(16-8-4-3-5-9-16)23(29)26-17-12-13-20(25-14-17)22(28)27-19-11-7-6-10-18(19)24/h3-15,21H,24H2,1-2H3,(H,26,29)(H,27,28). The maximum absolute atomic E-state index is 12.8. The minimum absolute atomic E-state index is 0.109. The fourth-order valence-corrected chi connectivity index (χ4v) is 3.12. The third-order valence-electron chi connectivity index (χ3n) is 4.58. The second-order valence-electron chi connectivity index (χ2n) is 7.10. The normalized spacial score (nSPS) is 11.7. The summed E-state index contributed by atoms with van der Waals surface area (Å²) in [7, 11) is 0. The summed E-state index contributed by atoms with van der Waals surface area (Å²) in [4.78, 5) is 29.4. The molecule has 0 bridgehead atoms. The zero-order valence-electron chi connectivity index (χ0n) is 16.4. The average molecular weight is 388 g/mol. The maximum Gasteiger partial charge on any atom is 0.274 e. The summed E-state index contributed by atoms with van der Waals surface area (Å²) < 4.78 is 0. The number of benzene rings is 2. The first-order chi connectivity index (χ1) is 14.0. The number of nitrogens with two attached hydrogens (primary N) is 1. The first-order valence-electron chi connectivity index (χ1n) is 9.43. The summed E-state index contributed by atoms with van der Waals surface area (Å²) in [5, 5.41) is 5.62. The monoisotopic (exact) mass is 388 g/mol. The van der Waals surface area contributed by atoms with Crippen LogP contribution in [0.25, 0.3) is 0 Å². The van der Waals surface area contributed by atoms with E-state index in [1.165, 1.54) is 6.20 Å². The first-order valence-corrected chi connectivity index (χ1v) is 9.43. The van der Waals surface area contributed by atoms with E-state index in [9.17, 15) is 9.59 Å². The number of nitrogen functional groups attached to an aromatic ring is 1. The van der Waals surface area contributed by atoms with Crippen LogP contribution in [0, 0.1) is 5.92 Å². The molecule has 0 radical (unpaired) electrons. The maximum atomic E-state index is 12.8. The van der Waals surface area contributed by atoms with Gasteiger partial charge in [-0.3, -0.25) is 9.59 Å². The van der Waals surface area contributed by atoms with Crippen LogP contribution < -0.4 is 16.4 Å². The third-order valence-corrected chi connectivity index (χ3v) is 4.58. The number of nitrogens with one attached hydrogen (secondary N) is 2. The van der Waals surface area contributed by atoms with E-state index in [4.69, 9.17) is 5.73 Å². The third kappa shape index (κ3) is 4.99. The van der Waals surface area contributed by atoms with Crippen LogP contribution >= 0.6 is 0 Å². The average Bonchev–Trinajstić information content (AvgIpc) is 2.71. The highest BCUT2D eigenvalue weighted by atomic mass is 16.2. The molecule has 148 valence electrons. The Balaban J connectivity index is 1.69. The molecule has 6 heteroatoms. The Morgan fingerprint density at radius 2 is 1.59 bits per heavy atom. The number of pyridine rings is 1. The number of nitrogens with zero attached hydrogens (tertiary/aromatic N) is 1. The lowest BCUT2D eigenvalue weighted by Crippen LogP contribution is -2.25. The SMILES string of the molecule is CC(C)C(C(=O)Nc1ccc(C(=O)Nc2ccccc2N)nc1)c1ccccc1. The quantitative estimate of drug-likeness (QED) is 0.549. The number of hydrogen-bond acceptors (Lipinski definition) is 4. The molecular weight excluding hydrogens is 364 g/mol. The van der Waals surface area contributed by atoms with Crippen molar-refractivity contribution in [1.82, 2.24) is 4.98 Å². The number of carbonyl (C=O) groups excluding carboxylic acids is 2. The predicted molar refractivity (Wildman–Crippen MR) is 116 cm³/mol. The molecule has 0 saturated carbocycles. The van der Waals surface area contributed by atoms with Gasteiger partial charge >= 0.3 is 0 Å². The van der Waals surface area contributed by atoms with E-state index >= 15 is 0 Å². The van der Waals surface area contributed by atoms with Crippen molar-refractivity contribution in [1.29, 1.82) is 0 Å². The van der Waals surface area contributed by atoms with E-state index in [0.717, 1.165) is 5.56 Å². The van der Waals surface area contributed by atoms with Crippen LogP contribution in [0.15, 0.2) is 72.9 Å². The van der Waals surface area contributed by atoms with Gasteiger partial charge in [0.05, 0.1) is 29.2 Å². The van der Waals surface area contributed by atoms with Gasteiger partial charge in [-0.1, -0.05) is 56.3 Å². The van der Waals surface area contributed by atoms with E-state index in [0.29, 0.717) is 17.1 Å². The van der Waals surface area contributed by atoms with Crippen molar-refractivity contribution in [3.8, 4) is 0 Å². The Morgan fingerprint density at radius 3 is 2.21 bits per heavy atom. The van der Waals surface area contributed by atoms with Crippen molar-refractivity contribution >= 4 is 28.9 Å². The van der Waals surface area contributed by atoms with Crippen molar-refractivity contribution in [2.45, 2.75) is 19.8 Å². The Bertz CT molecular complexity index is 985. The number of carbonyl (C=O) groups is 2. The molecule has 6 nitrogen and oxygen atoms in total. The molecule has 2 amide bonds. The van der Waals surface area contributed by atoms with Gasteiger partial charge < -0.3 is 16.4 Å². The lowest BCUT2D eigenvalue weighted by atomic mass is 9.87. The minimum atomic E-state index is -0.370. The second kappa shape index (κ2) is 9.01. The van der Waals surface area contributed by atoms with Crippen LogP contribution in [-0.4, -0.2) is 16.8 Å². The number of rotatable bonds is 6. The van der Waals surface area contributed by atoms with Crippen molar-refractivity contribution < 1.29 is 9.59 Å². The molecule has 0 saturated heterocycles. The van der Waals surface area contributed by atoms with Gasteiger partial charge in [-0.2, -0.15) is 0 Å². The molecule has 1 atom stereocenters. The molecule has 0 aliphatic carbocycles. The smallest absolute Gasteiger partial charge is 0.274 e. The highest BCUT2D eigenvalue weighted by molar-refractivity contribution is 6.04. The fourth-order valence-electron chi connectivity index (χ4n) is 3.12. The van der Waals surface area contributed by atoms with Gasteiger partial charge in [0.2, 0.25) is 5.91 Å². The van der Waals surface area contributed by atoms with Gasteiger partial charge in [-0.15, -0.1) is 0 Å². The van der Waals surface area contributed by atoms with Gasteiger partial charge in [-0.25, -0.2) is 4.98 Å². The zero-order chi connectivity index (χ0) is 20.8. The van der Waals surface area contributed by atoms with Crippen LogP contribution in [0.3, 0.4) is 0 Å². The molecule has 4 N–H and O–H groups in total. The van der Waals surface area contributed by atoms with Crippen molar-refractivity contribution in [2.75, 3.05) is 16.4 Å². The van der Waals surface area contributed by atoms with E-state index in [1.54, 1.807) is 36.4 Å². The molecule has 1 unspecified atom stereocenters. The van der Waals surface area contributed by atoms with Gasteiger partial charge in [0, 0.05) is 0 Å². The summed E-state index contributed by atoms with van der Waals surface area (Å²) in [6.07, 6.45) is 1.48. The molecule has 3 rings (SSSR count). The van der Waals surface area contributed by atoms with E-state index in [-0.39, 0.29) is 29.3 Å². The molecule has 0 aliphatic rings. The predicted octanol–water partition coefficient (Wildman–Crippen LogP) is 4.29. The summed E-state index contributed by atoms with van der Waals surface area (Å²) in [5.74, 6) is -0.626. The Kier molecular flexibility index (Phi) is 6.24. The molecule has 0 fully saturated rings. The minimum Gasteiger partial charge on any atom is -0.397 e. The molecule has 2 aromatic carbocycles. The van der Waals surface area contributed by atoms with Crippen LogP contribution in [0.2, 0.25) is 0 Å². The van der Waals surface area contributed by atoms with E-state index in [1.807, 2.05) is 44.2 Å². The largest absolute Gasteiger partial charge is 0.397 e. The summed E-state index contributed by atoms with van der Waals surface area (Å²) >= 11 is 0. The Hall–Kier alpha value is -3.67. The fraction of sp³-hybridized carbons (Fsp3) is 0.174. The zero-order valence-corrected chi connectivity index (χ0v) is 16.4. The molecule has 1 heterocycles. The van der Waals surface area contributed by atoms with Crippen LogP contribution in [-0.2, 0) is 4.79 Å². The molecular formula is C23H24N4O2. The number of aromatic nitrogens is 1. The van der Waals surface area contributed by atoms with Gasteiger partial charge in [-0.05, 0) is 35.7 Å². The molecule has 29 heavy (non-hydrogen) atoms. The van der Waals surface area contributed by atoms with E-state index in [2.05, 4.69) is 15.6 Å². The van der Waals surface area contributed by atoms with Crippen molar-refractivity contribution in [3.05, 3.63) is 84.2 Å². The van der Waals surface area contributed by atoms with Crippen LogP contribution in [0.1, 0.15) is 35.8 Å². The molecule has 0 spiro atoms. The number of para-hydroxylation sites is 2. The number of anilines is 3. The van der Waals surface area contributed by atoms with Gasteiger partial charge in [0.15, 0.2) is 0 Å². The number of hydrogen-bond donors (Lipinski definition) is 3. The summed E-state index contributed by atoms with van der Waals surface area (Å²) in [6.45, 7) is 4.02. The van der Waals surface area contributed by atoms with Crippen LogP contribution in [0.4, 0.5) is 17.1 Å². The Morgan fingerprint density at radius 1 is 0.897 bits per heavy atom. The van der Waals surface area contributed by atoms with Crippen LogP contribution in [0.5, 0.6) is 0 Å². The first kappa shape index (κ1) is 20.1. The molecule has 0 aliphatic heterocycles. The highest BCUT2D eigenvalue weighted by Crippen LogP contribution is 2.26. The highest BCUT2D eigenvalue weighted by Gasteiger charge is 2.24. The molecule has 1 aromatic heterocycles. The Labute approximate surface area is 170 Å². The molecule has 3 aromatic rings. The summed E-state index contributed by atoms with van der Waals surface area (Å²) in [5.41, 5.74) is 8.58. The number of amides is 2. The van der Waals surface area contributed by atoms with Gasteiger partial charge in [0.25, 0.3) is 5.91 Å². The lowest BCUT2D eigenvalue weighted by molar-refractivity contribution is -0.118.